The summed E-state index contributed by atoms with van der Waals surface area (Å²) in [5.41, 5.74) is 0. The van der Waals surface area contributed by atoms with Crippen LogP contribution in [0.4, 0.5) is 0 Å². The maximum atomic E-state index is 10.2. The van der Waals surface area contributed by atoms with Gasteiger partial charge in [0, 0.05) is 0 Å². The van der Waals surface area contributed by atoms with E-state index < -0.39 is 7.82 Å². The first-order valence-electron chi connectivity index (χ1n) is 3.65. The standard InChI is InChI=1S/C6H15O4P/c1-3-6(2)4-5-10-11(7,8)9/h6H,3-5H2,1-2H3,(H2,7,8,9). The van der Waals surface area contributed by atoms with Crippen LogP contribution in [0.3, 0.4) is 0 Å². The Balaban J connectivity index is 3.35. The number of hydrogen-bond acceptors (Lipinski definition) is 2. The summed E-state index contributed by atoms with van der Waals surface area (Å²) in [5.74, 6) is 0.460. The van der Waals surface area contributed by atoms with Crippen molar-refractivity contribution < 1.29 is 18.9 Å². The largest absolute Gasteiger partial charge is 0.469 e. The quantitative estimate of drug-likeness (QED) is 0.633. The van der Waals surface area contributed by atoms with E-state index in [4.69, 9.17) is 9.79 Å². The fourth-order valence-corrected chi connectivity index (χ4v) is 0.920. The molecule has 68 valence electrons. The second-order valence-electron chi connectivity index (χ2n) is 2.63. The molecule has 0 saturated carbocycles. The van der Waals surface area contributed by atoms with Crippen molar-refractivity contribution in [2.24, 2.45) is 5.92 Å². The van der Waals surface area contributed by atoms with Gasteiger partial charge in [0.2, 0.25) is 0 Å². The second-order valence-corrected chi connectivity index (χ2v) is 3.87. The van der Waals surface area contributed by atoms with Crippen LogP contribution < -0.4 is 0 Å². The Morgan fingerprint density at radius 3 is 2.45 bits per heavy atom. The molecule has 0 aromatic carbocycles. The van der Waals surface area contributed by atoms with Gasteiger partial charge in [-0.2, -0.15) is 0 Å². The van der Waals surface area contributed by atoms with Crippen LogP contribution in [0.1, 0.15) is 26.7 Å². The monoisotopic (exact) mass is 182 g/mol. The van der Waals surface area contributed by atoms with Gasteiger partial charge >= 0.3 is 7.82 Å². The highest BCUT2D eigenvalue weighted by molar-refractivity contribution is 7.46. The molecule has 0 bridgehead atoms. The van der Waals surface area contributed by atoms with Crippen LogP contribution in [0.25, 0.3) is 0 Å². The molecule has 4 nitrogen and oxygen atoms in total. The first-order chi connectivity index (χ1) is 4.95. The zero-order valence-electron chi connectivity index (χ0n) is 6.86. The molecule has 0 fully saturated rings. The molecule has 0 amide bonds. The number of rotatable bonds is 5. The molecule has 0 aliphatic carbocycles. The van der Waals surface area contributed by atoms with Crippen LogP contribution in [0, 0.1) is 5.92 Å². The molecule has 0 aliphatic rings. The minimum atomic E-state index is -4.23. The molecule has 11 heavy (non-hydrogen) atoms. The molecule has 0 spiro atoms. The van der Waals surface area contributed by atoms with E-state index in [9.17, 15) is 4.57 Å². The van der Waals surface area contributed by atoms with E-state index >= 15 is 0 Å². The highest BCUT2D eigenvalue weighted by atomic mass is 31.2. The lowest BCUT2D eigenvalue weighted by molar-refractivity contribution is 0.185. The molecule has 0 aromatic heterocycles. The SMILES string of the molecule is CCC(C)CCOP(=O)(O)O. The van der Waals surface area contributed by atoms with Crippen molar-refractivity contribution in [3.63, 3.8) is 0 Å². The number of hydrogen-bond donors (Lipinski definition) is 2. The molecule has 0 radical (unpaired) electrons. The Bertz CT molecular complexity index is 142. The van der Waals surface area contributed by atoms with Crippen LogP contribution in [-0.4, -0.2) is 16.4 Å². The van der Waals surface area contributed by atoms with Crippen LogP contribution in [0.5, 0.6) is 0 Å². The normalized spacial score (nSPS) is 14.9. The molecular weight excluding hydrogens is 167 g/mol. The summed E-state index contributed by atoms with van der Waals surface area (Å²) in [5, 5.41) is 0. The van der Waals surface area contributed by atoms with Crippen molar-refractivity contribution >= 4 is 7.82 Å². The first-order valence-corrected chi connectivity index (χ1v) is 5.19. The fourth-order valence-electron chi connectivity index (χ4n) is 0.577. The van der Waals surface area contributed by atoms with Gasteiger partial charge in [0.05, 0.1) is 6.61 Å². The fraction of sp³-hybridized carbons (Fsp3) is 1.00. The predicted octanol–water partition coefficient (Wildman–Crippen LogP) is 1.53. The minimum Gasteiger partial charge on any atom is -0.303 e. The maximum Gasteiger partial charge on any atom is 0.469 e. The van der Waals surface area contributed by atoms with E-state index in [2.05, 4.69) is 4.52 Å². The van der Waals surface area contributed by atoms with Crippen molar-refractivity contribution in [1.29, 1.82) is 0 Å². The van der Waals surface area contributed by atoms with Crippen LogP contribution in [0.15, 0.2) is 0 Å². The van der Waals surface area contributed by atoms with Crippen molar-refractivity contribution in [3.8, 4) is 0 Å². The van der Waals surface area contributed by atoms with Crippen molar-refractivity contribution in [2.45, 2.75) is 26.7 Å². The molecule has 0 aliphatic heterocycles. The van der Waals surface area contributed by atoms with E-state index in [1.165, 1.54) is 0 Å². The van der Waals surface area contributed by atoms with Gasteiger partial charge in [-0.05, 0) is 12.3 Å². The molecule has 0 heterocycles. The zero-order valence-corrected chi connectivity index (χ0v) is 7.75. The Morgan fingerprint density at radius 2 is 2.09 bits per heavy atom. The van der Waals surface area contributed by atoms with Gasteiger partial charge in [0.15, 0.2) is 0 Å². The Kier molecular flexibility index (Phi) is 4.93. The number of phosphoric acid groups is 1. The molecule has 0 aromatic rings. The Hall–Kier alpha value is 0.110. The average Bonchev–Trinajstić information content (AvgIpc) is 1.85. The van der Waals surface area contributed by atoms with Crippen molar-refractivity contribution in [1.82, 2.24) is 0 Å². The van der Waals surface area contributed by atoms with Gasteiger partial charge in [0.25, 0.3) is 0 Å². The van der Waals surface area contributed by atoms with Crippen LogP contribution in [-0.2, 0) is 9.09 Å². The summed E-state index contributed by atoms with van der Waals surface area (Å²) < 4.78 is 14.4. The van der Waals surface area contributed by atoms with E-state index in [1.807, 2.05) is 13.8 Å². The minimum absolute atomic E-state index is 0.138. The van der Waals surface area contributed by atoms with E-state index in [1.54, 1.807) is 0 Å². The van der Waals surface area contributed by atoms with E-state index in [0.29, 0.717) is 12.3 Å². The number of phosphoric ester groups is 1. The van der Waals surface area contributed by atoms with Crippen LogP contribution >= 0.6 is 7.82 Å². The summed E-state index contributed by atoms with van der Waals surface area (Å²) >= 11 is 0. The summed E-state index contributed by atoms with van der Waals surface area (Å²) in [4.78, 5) is 16.6. The lowest BCUT2D eigenvalue weighted by atomic mass is 10.1. The van der Waals surface area contributed by atoms with Gasteiger partial charge < -0.3 is 9.79 Å². The zero-order chi connectivity index (χ0) is 8.91. The van der Waals surface area contributed by atoms with Gasteiger partial charge in [-0.25, -0.2) is 4.57 Å². The maximum absolute atomic E-state index is 10.2. The second kappa shape index (κ2) is 4.88. The molecule has 5 heteroatoms. The average molecular weight is 182 g/mol. The lowest BCUT2D eigenvalue weighted by Crippen LogP contribution is -1.99. The third-order valence-corrected chi connectivity index (χ3v) is 2.09. The third-order valence-electron chi connectivity index (χ3n) is 1.57. The molecule has 1 unspecified atom stereocenters. The Labute approximate surface area is 66.8 Å². The Morgan fingerprint density at radius 1 is 1.55 bits per heavy atom. The molecular formula is C6H15O4P. The van der Waals surface area contributed by atoms with Crippen molar-refractivity contribution in [2.75, 3.05) is 6.61 Å². The van der Waals surface area contributed by atoms with E-state index in [-0.39, 0.29) is 6.61 Å². The highest BCUT2D eigenvalue weighted by Crippen LogP contribution is 2.35. The lowest BCUT2D eigenvalue weighted by Gasteiger charge is -2.08. The molecule has 0 saturated heterocycles. The molecule has 1 atom stereocenters. The summed E-state index contributed by atoms with van der Waals surface area (Å²) in [6, 6.07) is 0. The van der Waals surface area contributed by atoms with Gasteiger partial charge in [0.1, 0.15) is 0 Å². The first kappa shape index (κ1) is 11.1. The van der Waals surface area contributed by atoms with E-state index in [0.717, 1.165) is 6.42 Å². The predicted molar refractivity (Wildman–Crippen MR) is 42.1 cm³/mol. The summed E-state index contributed by atoms with van der Waals surface area (Å²) in [7, 11) is -4.23. The van der Waals surface area contributed by atoms with Crippen LogP contribution in [0.2, 0.25) is 0 Å². The van der Waals surface area contributed by atoms with Gasteiger partial charge in [-0.15, -0.1) is 0 Å². The smallest absolute Gasteiger partial charge is 0.303 e. The topological polar surface area (TPSA) is 66.8 Å². The molecule has 0 rings (SSSR count). The van der Waals surface area contributed by atoms with Gasteiger partial charge in [-0.1, -0.05) is 20.3 Å². The van der Waals surface area contributed by atoms with Crippen molar-refractivity contribution in [3.05, 3.63) is 0 Å². The summed E-state index contributed by atoms with van der Waals surface area (Å²) in [6.07, 6.45) is 1.70. The molecule has 2 N–H and O–H groups in total. The third kappa shape index (κ3) is 8.01. The highest BCUT2D eigenvalue weighted by Gasteiger charge is 2.13. The summed E-state index contributed by atoms with van der Waals surface area (Å²) in [6.45, 7) is 4.18. The van der Waals surface area contributed by atoms with Gasteiger partial charge in [-0.3, -0.25) is 4.52 Å².